The first kappa shape index (κ1) is 22.8. The van der Waals surface area contributed by atoms with Crippen LogP contribution in [0.4, 0.5) is 0 Å². The van der Waals surface area contributed by atoms with Crippen molar-refractivity contribution in [3.8, 4) is 5.75 Å². The van der Waals surface area contributed by atoms with E-state index in [0.29, 0.717) is 31.6 Å². The highest BCUT2D eigenvalue weighted by atomic mass is 16.5. The molecule has 1 saturated heterocycles. The molecule has 0 radical (unpaired) electrons. The van der Waals surface area contributed by atoms with E-state index in [1.807, 2.05) is 31.2 Å². The molecule has 0 unspecified atom stereocenters. The Kier molecular flexibility index (Phi) is 7.17. The van der Waals surface area contributed by atoms with Gasteiger partial charge in [0.25, 0.3) is 0 Å². The smallest absolute Gasteiger partial charge is 0.219 e. The molecule has 1 N–H and O–H groups in total. The summed E-state index contributed by atoms with van der Waals surface area (Å²) in [5.74, 6) is 1.38. The first-order chi connectivity index (χ1) is 15.4. The minimum atomic E-state index is -1.09. The maximum Gasteiger partial charge on any atom is 0.219 e. The van der Waals surface area contributed by atoms with Crippen LogP contribution in [0.1, 0.15) is 49.7 Å². The van der Waals surface area contributed by atoms with Crippen LogP contribution in [0.3, 0.4) is 0 Å². The number of nitrogens with zero attached hydrogens (tertiary/aromatic N) is 2. The van der Waals surface area contributed by atoms with Crippen LogP contribution in [0.15, 0.2) is 54.6 Å². The number of aryl methyl sites for hydroxylation is 1. The zero-order valence-corrected chi connectivity index (χ0v) is 19.4. The van der Waals surface area contributed by atoms with Crippen molar-refractivity contribution in [3.05, 3.63) is 65.7 Å². The molecule has 0 bridgehead atoms. The fourth-order valence-electron chi connectivity index (χ4n) is 5.21. The maximum absolute atomic E-state index is 12.2. The van der Waals surface area contributed by atoms with Crippen molar-refractivity contribution in [2.24, 2.45) is 0 Å². The number of carbonyl (C=O) groups excluding carboxylic acids is 1. The Hall–Kier alpha value is -2.37. The van der Waals surface area contributed by atoms with Gasteiger partial charge in [0, 0.05) is 32.6 Å². The molecule has 1 amide bonds. The van der Waals surface area contributed by atoms with Crippen LogP contribution in [0, 0.1) is 6.92 Å². The third-order valence-corrected chi connectivity index (χ3v) is 7.10. The lowest BCUT2D eigenvalue weighted by Gasteiger charge is -2.39. The molecule has 0 aromatic heterocycles. The lowest BCUT2D eigenvalue weighted by molar-refractivity contribution is -0.132. The first-order valence-corrected chi connectivity index (χ1v) is 11.9. The molecule has 2 aromatic rings. The fourth-order valence-corrected chi connectivity index (χ4v) is 5.21. The predicted octanol–water partition coefficient (Wildman–Crippen LogP) is 4.00. The van der Waals surface area contributed by atoms with Gasteiger partial charge in [-0.3, -0.25) is 9.69 Å². The molecule has 0 spiro atoms. The highest BCUT2D eigenvalue weighted by Gasteiger charge is 2.39. The molecule has 2 fully saturated rings. The van der Waals surface area contributed by atoms with Gasteiger partial charge in [0.2, 0.25) is 5.91 Å². The first-order valence-electron chi connectivity index (χ1n) is 11.9. The largest absolute Gasteiger partial charge is 0.490 e. The average Bonchev–Trinajstić information content (AvgIpc) is 2.99. The van der Waals surface area contributed by atoms with E-state index in [-0.39, 0.29) is 12.5 Å². The second kappa shape index (κ2) is 10.1. The molecule has 1 aliphatic carbocycles. The lowest BCUT2D eigenvalue weighted by Crippen LogP contribution is -2.53. The Morgan fingerprint density at radius 3 is 2.34 bits per heavy atom. The molecule has 4 rings (SSSR count). The lowest BCUT2D eigenvalue weighted by atomic mass is 9.81. The van der Waals surface area contributed by atoms with E-state index in [1.165, 1.54) is 24.0 Å². The summed E-state index contributed by atoms with van der Waals surface area (Å²) in [6.45, 7) is 6.09. The van der Waals surface area contributed by atoms with E-state index < -0.39 is 5.60 Å². The summed E-state index contributed by atoms with van der Waals surface area (Å²) >= 11 is 0. The number of β-amino-alcohol motifs (C(OH)–C–C–N with tert-alkyl or cyclic N) is 1. The number of benzene rings is 2. The van der Waals surface area contributed by atoms with Crippen molar-refractivity contribution in [1.82, 2.24) is 9.80 Å². The summed E-state index contributed by atoms with van der Waals surface area (Å²) in [5.41, 5.74) is 1.52. The molecule has 32 heavy (non-hydrogen) atoms. The highest BCUT2D eigenvalue weighted by molar-refractivity contribution is 5.73. The third kappa shape index (κ3) is 5.70. The summed E-state index contributed by atoms with van der Waals surface area (Å²) in [7, 11) is 0. The Balaban J connectivity index is 1.42. The van der Waals surface area contributed by atoms with Gasteiger partial charge >= 0.3 is 0 Å². The number of hydrogen-bond acceptors (Lipinski definition) is 4. The molecule has 1 heterocycles. The van der Waals surface area contributed by atoms with Gasteiger partial charge in [-0.1, -0.05) is 48.0 Å². The summed E-state index contributed by atoms with van der Waals surface area (Å²) in [5, 5.41) is 11.6. The Morgan fingerprint density at radius 1 is 1.00 bits per heavy atom. The van der Waals surface area contributed by atoms with E-state index in [2.05, 4.69) is 35.2 Å². The van der Waals surface area contributed by atoms with Crippen molar-refractivity contribution in [2.75, 3.05) is 32.8 Å². The fraction of sp³-hybridized carbons (Fsp3) is 0.519. The van der Waals surface area contributed by atoms with Gasteiger partial charge in [-0.05, 0) is 56.2 Å². The van der Waals surface area contributed by atoms with Crippen LogP contribution in [-0.4, -0.2) is 65.2 Å². The number of amides is 1. The molecule has 1 saturated carbocycles. The molecule has 172 valence electrons. The van der Waals surface area contributed by atoms with Gasteiger partial charge in [-0.2, -0.15) is 0 Å². The van der Waals surface area contributed by atoms with Crippen LogP contribution >= 0.6 is 0 Å². The average molecular weight is 437 g/mol. The number of rotatable bonds is 5. The summed E-state index contributed by atoms with van der Waals surface area (Å²) < 4.78 is 5.98. The monoisotopic (exact) mass is 436 g/mol. The number of aliphatic hydroxyl groups is 1. The van der Waals surface area contributed by atoms with E-state index in [1.54, 1.807) is 11.8 Å². The third-order valence-electron chi connectivity index (χ3n) is 7.10. The summed E-state index contributed by atoms with van der Waals surface area (Å²) in [6.07, 6.45) is 4.57. The number of hydrogen-bond donors (Lipinski definition) is 1. The van der Waals surface area contributed by atoms with E-state index >= 15 is 0 Å². The molecule has 1 aliphatic heterocycles. The van der Waals surface area contributed by atoms with Gasteiger partial charge in [-0.15, -0.1) is 0 Å². The minimum absolute atomic E-state index is 0.00777. The Labute approximate surface area is 192 Å². The Bertz CT molecular complexity index is 878. The number of ether oxygens (including phenoxy) is 1. The van der Waals surface area contributed by atoms with Crippen LogP contribution in [0.2, 0.25) is 0 Å². The summed E-state index contributed by atoms with van der Waals surface area (Å²) in [6, 6.07) is 19.1. The highest BCUT2D eigenvalue weighted by Crippen LogP contribution is 2.35. The van der Waals surface area contributed by atoms with Gasteiger partial charge in [0.15, 0.2) is 0 Å². The van der Waals surface area contributed by atoms with Crippen molar-refractivity contribution in [3.63, 3.8) is 0 Å². The van der Waals surface area contributed by atoms with Crippen molar-refractivity contribution in [1.29, 1.82) is 0 Å². The van der Waals surface area contributed by atoms with Crippen molar-refractivity contribution in [2.45, 2.75) is 57.1 Å². The van der Waals surface area contributed by atoms with Gasteiger partial charge in [0.1, 0.15) is 18.0 Å². The van der Waals surface area contributed by atoms with Crippen LogP contribution in [0.5, 0.6) is 5.75 Å². The molecule has 2 aliphatic rings. The van der Waals surface area contributed by atoms with E-state index in [0.717, 1.165) is 25.1 Å². The van der Waals surface area contributed by atoms with Gasteiger partial charge in [0.05, 0.1) is 6.54 Å². The SMILES string of the molecule is CC(=O)N1CCN(C2CCC(c3ccccc3)CC2)C[C@](O)(COc2ccc(C)cc2)C1. The minimum Gasteiger partial charge on any atom is -0.490 e. The molecule has 5 heteroatoms. The molecule has 2 aromatic carbocycles. The second-order valence-corrected chi connectivity index (χ2v) is 9.65. The van der Waals surface area contributed by atoms with Gasteiger partial charge in [-0.25, -0.2) is 0 Å². The van der Waals surface area contributed by atoms with E-state index in [4.69, 9.17) is 4.74 Å². The Morgan fingerprint density at radius 2 is 1.69 bits per heavy atom. The normalized spacial score (nSPS) is 27.0. The summed E-state index contributed by atoms with van der Waals surface area (Å²) in [4.78, 5) is 16.4. The van der Waals surface area contributed by atoms with E-state index in [9.17, 15) is 9.90 Å². The molecular formula is C27H36N2O3. The zero-order valence-electron chi connectivity index (χ0n) is 19.4. The van der Waals surface area contributed by atoms with Crippen LogP contribution in [0.25, 0.3) is 0 Å². The quantitative estimate of drug-likeness (QED) is 0.770. The second-order valence-electron chi connectivity index (χ2n) is 9.65. The van der Waals surface area contributed by atoms with Crippen molar-refractivity contribution >= 4 is 5.91 Å². The van der Waals surface area contributed by atoms with Crippen molar-refractivity contribution < 1.29 is 14.6 Å². The van der Waals surface area contributed by atoms with Crippen LogP contribution in [-0.2, 0) is 4.79 Å². The zero-order chi connectivity index (χ0) is 22.6. The standard InChI is InChI=1S/C27H36N2O3/c1-21-8-14-26(15-9-21)32-20-27(31)18-28(22(2)30)16-17-29(19-27)25-12-10-24(11-13-25)23-6-4-3-5-7-23/h3-9,14-15,24-25,31H,10-13,16-20H2,1-2H3/t24?,25?,27-/m0/s1. The van der Waals surface area contributed by atoms with Gasteiger partial charge < -0.3 is 14.7 Å². The topological polar surface area (TPSA) is 53.0 Å². The predicted molar refractivity (Wildman–Crippen MR) is 127 cm³/mol. The van der Waals surface area contributed by atoms with Crippen LogP contribution < -0.4 is 4.74 Å². The molecule has 1 atom stereocenters. The number of carbonyl (C=O) groups is 1. The maximum atomic E-state index is 12.2. The molecule has 5 nitrogen and oxygen atoms in total. The molecular weight excluding hydrogens is 400 g/mol.